The van der Waals surface area contributed by atoms with E-state index in [1.807, 2.05) is 0 Å². The van der Waals surface area contributed by atoms with Gasteiger partial charge >= 0.3 is 6.09 Å². The van der Waals surface area contributed by atoms with Crippen LogP contribution >= 0.6 is 0 Å². The Morgan fingerprint density at radius 3 is 2.82 bits per heavy atom. The van der Waals surface area contributed by atoms with Crippen LogP contribution in [0.3, 0.4) is 0 Å². The second-order valence-corrected chi connectivity index (χ2v) is 2.69. The van der Waals surface area contributed by atoms with Crippen LogP contribution < -0.4 is 10.6 Å². The number of hydrogen-bond donors (Lipinski definition) is 4. The van der Waals surface area contributed by atoms with Gasteiger partial charge in [-0.1, -0.05) is 0 Å². The predicted molar refractivity (Wildman–Crippen MR) is 38.4 cm³/mol. The minimum absolute atomic E-state index is 0.156. The van der Waals surface area contributed by atoms with E-state index in [0.717, 1.165) is 0 Å². The van der Waals surface area contributed by atoms with Gasteiger partial charge in [0.1, 0.15) is 0 Å². The van der Waals surface area contributed by atoms with Crippen molar-refractivity contribution in [1.82, 2.24) is 10.6 Å². The maximum atomic E-state index is 10.2. The summed E-state index contributed by atoms with van der Waals surface area (Å²) in [7, 11) is 0. The van der Waals surface area contributed by atoms with E-state index >= 15 is 0 Å². The van der Waals surface area contributed by atoms with Crippen molar-refractivity contribution >= 4 is 6.09 Å². The topological polar surface area (TPSA) is 81.6 Å². The molecule has 0 aliphatic carbocycles. The van der Waals surface area contributed by atoms with Crippen LogP contribution in [0.4, 0.5) is 4.79 Å². The molecule has 0 radical (unpaired) electrons. The Bertz CT molecular complexity index is 151. The summed E-state index contributed by atoms with van der Waals surface area (Å²) in [6.07, 6.45) is -0.967. The summed E-state index contributed by atoms with van der Waals surface area (Å²) < 4.78 is 0. The maximum absolute atomic E-state index is 10.2. The Morgan fingerprint density at radius 2 is 2.27 bits per heavy atom. The first-order valence-electron chi connectivity index (χ1n) is 3.56. The molecule has 1 heterocycles. The van der Waals surface area contributed by atoms with Crippen LogP contribution in [0.1, 0.15) is 6.42 Å². The Labute approximate surface area is 64.4 Å². The second-order valence-electron chi connectivity index (χ2n) is 2.69. The van der Waals surface area contributed by atoms with E-state index in [4.69, 9.17) is 10.2 Å². The molecule has 1 fully saturated rings. The molecule has 5 heteroatoms. The van der Waals surface area contributed by atoms with Crippen molar-refractivity contribution in [2.24, 2.45) is 0 Å². The first-order valence-corrected chi connectivity index (χ1v) is 3.56. The van der Waals surface area contributed by atoms with Crippen LogP contribution in [0.2, 0.25) is 0 Å². The SMILES string of the molecule is O=C(O)N[C@@H]1CNC[C@@H](O)C1. The van der Waals surface area contributed by atoms with Crippen molar-refractivity contribution in [3.8, 4) is 0 Å². The molecule has 0 unspecified atom stereocenters. The molecule has 0 bridgehead atoms. The molecule has 1 aliphatic heterocycles. The summed E-state index contributed by atoms with van der Waals surface area (Å²) in [5.41, 5.74) is 0. The van der Waals surface area contributed by atoms with E-state index in [9.17, 15) is 4.79 Å². The molecule has 1 amide bonds. The number of carboxylic acid groups (broad SMARTS) is 1. The number of aliphatic hydroxyl groups is 1. The molecule has 5 nitrogen and oxygen atoms in total. The van der Waals surface area contributed by atoms with Crippen LogP contribution in [0.15, 0.2) is 0 Å². The summed E-state index contributed by atoms with van der Waals surface area (Å²) in [4.78, 5) is 10.2. The van der Waals surface area contributed by atoms with Gasteiger partial charge in [-0.05, 0) is 6.42 Å². The molecule has 4 N–H and O–H groups in total. The smallest absolute Gasteiger partial charge is 0.404 e. The third-order valence-electron chi connectivity index (χ3n) is 1.65. The molecule has 1 saturated heterocycles. The first-order chi connectivity index (χ1) is 5.18. The summed E-state index contributed by atoms with van der Waals surface area (Å²) >= 11 is 0. The van der Waals surface area contributed by atoms with E-state index in [2.05, 4.69) is 10.6 Å². The third kappa shape index (κ3) is 2.73. The molecule has 0 saturated carbocycles. The zero-order valence-corrected chi connectivity index (χ0v) is 6.08. The molecule has 0 aromatic heterocycles. The lowest BCUT2D eigenvalue weighted by molar-refractivity contribution is 0.121. The fourth-order valence-electron chi connectivity index (χ4n) is 1.20. The maximum Gasteiger partial charge on any atom is 0.404 e. The molecule has 0 aromatic carbocycles. The average Bonchev–Trinajstić information content (AvgIpc) is 1.85. The molecule has 1 rings (SSSR count). The van der Waals surface area contributed by atoms with Crippen molar-refractivity contribution in [3.63, 3.8) is 0 Å². The lowest BCUT2D eigenvalue weighted by Gasteiger charge is -2.26. The molecular weight excluding hydrogens is 148 g/mol. The summed E-state index contributed by atoms with van der Waals surface area (Å²) in [5.74, 6) is 0. The van der Waals surface area contributed by atoms with Gasteiger partial charge in [0, 0.05) is 19.1 Å². The van der Waals surface area contributed by atoms with Crippen LogP contribution in [-0.4, -0.2) is 41.5 Å². The second kappa shape index (κ2) is 3.54. The number of rotatable bonds is 1. The number of piperidine rings is 1. The Kier molecular flexibility index (Phi) is 2.67. The van der Waals surface area contributed by atoms with Gasteiger partial charge in [0.15, 0.2) is 0 Å². The first kappa shape index (κ1) is 8.29. The predicted octanol–water partition coefficient (Wildman–Crippen LogP) is -1.02. The number of aliphatic hydroxyl groups excluding tert-OH is 1. The largest absolute Gasteiger partial charge is 0.465 e. The van der Waals surface area contributed by atoms with Crippen molar-refractivity contribution in [3.05, 3.63) is 0 Å². The monoisotopic (exact) mass is 160 g/mol. The van der Waals surface area contributed by atoms with Gasteiger partial charge in [-0.3, -0.25) is 0 Å². The standard InChI is InChI=1S/C6H12N2O3/c9-5-1-4(2-7-3-5)8-6(10)11/h4-5,7-9H,1-3H2,(H,10,11)/t4-,5-/m0/s1. The van der Waals surface area contributed by atoms with E-state index in [1.165, 1.54) is 0 Å². The fourth-order valence-corrected chi connectivity index (χ4v) is 1.20. The zero-order valence-electron chi connectivity index (χ0n) is 6.08. The van der Waals surface area contributed by atoms with E-state index in [-0.39, 0.29) is 6.04 Å². The van der Waals surface area contributed by atoms with E-state index in [1.54, 1.807) is 0 Å². The molecule has 11 heavy (non-hydrogen) atoms. The minimum atomic E-state index is -1.04. The van der Waals surface area contributed by atoms with E-state index < -0.39 is 12.2 Å². The third-order valence-corrected chi connectivity index (χ3v) is 1.65. The Morgan fingerprint density at radius 1 is 1.55 bits per heavy atom. The number of β-amino-alcohol motifs (C(OH)–C–C–N with tert-alkyl or cyclic N) is 1. The van der Waals surface area contributed by atoms with Gasteiger partial charge in [-0.15, -0.1) is 0 Å². The van der Waals surface area contributed by atoms with Crippen molar-refractivity contribution in [2.75, 3.05) is 13.1 Å². The van der Waals surface area contributed by atoms with Crippen molar-refractivity contribution < 1.29 is 15.0 Å². The Hall–Kier alpha value is -0.810. The van der Waals surface area contributed by atoms with Gasteiger partial charge in [0.05, 0.1) is 6.10 Å². The fraction of sp³-hybridized carbons (Fsp3) is 0.833. The van der Waals surface area contributed by atoms with Crippen LogP contribution in [0.25, 0.3) is 0 Å². The molecule has 2 atom stereocenters. The highest BCUT2D eigenvalue weighted by molar-refractivity contribution is 5.64. The average molecular weight is 160 g/mol. The molecule has 64 valence electrons. The molecular formula is C6H12N2O3. The zero-order chi connectivity index (χ0) is 8.27. The van der Waals surface area contributed by atoms with Gasteiger partial charge in [0.25, 0.3) is 0 Å². The number of amides is 1. The minimum Gasteiger partial charge on any atom is -0.465 e. The van der Waals surface area contributed by atoms with Crippen molar-refractivity contribution in [1.29, 1.82) is 0 Å². The van der Waals surface area contributed by atoms with Crippen LogP contribution in [0, 0.1) is 0 Å². The highest BCUT2D eigenvalue weighted by Crippen LogP contribution is 2.01. The van der Waals surface area contributed by atoms with Gasteiger partial charge in [-0.25, -0.2) is 4.79 Å². The molecule has 0 spiro atoms. The van der Waals surface area contributed by atoms with Crippen LogP contribution in [0.5, 0.6) is 0 Å². The van der Waals surface area contributed by atoms with Gasteiger partial charge in [0.2, 0.25) is 0 Å². The summed E-state index contributed by atoms with van der Waals surface area (Å²) in [6, 6.07) is -0.156. The lowest BCUT2D eigenvalue weighted by atomic mass is 10.1. The normalized spacial score (nSPS) is 31.4. The van der Waals surface area contributed by atoms with E-state index in [0.29, 0.717) is 19.5 Å². The molecule has 0 aromatic rings. The summed E-state index contributed by atoms with van der Waals surface area (Å²) in [6.45, 7) is 1.15. The highest BCUT2D eigenvalue weighted by Gasteiger charge is 2.20. The van der Waals surface area contributed by atoms with Gasteiger partial charge < -0.3 is 20.8 Å². The lowest BCUT2D eigenvalue weighted by Crippen LogP contribution is -2.50. The van der Waals surface area contributed by atoms with Crippen LogP contribution in [-0.2, 0) is 0 Å². The van der Waals surface area contributed by atoms with Gasteiger partial charge in [-0.2, -0.15) is 0 Å². The quantitative estimate of drug-likeness (QED) is 0.395. The number of carbonyl (C=O) groups is 1. The number of nitrogens with one attached hydrogen (secondary N) is 2. The summed E-state index contributed by atoms with van der Waals surface area (Å²) in [5, 5.41) is 22.6. The van der Waals surface area contributed by atoms with Crippen molar-refractivity contribution in [2.45, 2.75) is 18.6 Å². The number of hydrogen-bond acceptors (Lipinski definition) is 3. The molecule has 1 aliphatic rings. The Balaban J connectivity index is 2.28. The highest BCUT2D eigenvalue weighted by atomic mass is 16.4.